The van der Waals surface area contributed by atoms with Crippen LogP contribution in [-0.4, -0.2) is 18.4 Å². The van der Waals surface area contributed by atoms with Crippen LogP contribution in [0.2, 0.25) is 0 Å². The van der Waals surface area contributed by atoms with Crippen molar-refractivity contribution in [1.82, 2.24) is 4.98 Å². The Hall–Kier alpha value is -0.900. The van der Waals surface area contributed by atoms with Crippen LogP contribution in [0.5, 0.6) is 0 Å². The Labute approximate surface area is 57.5 Å². The minimum atomic E-state index is 0.876. The van der Waals surface area contributed by atoms with E-state index in [1.165, 1.54) is 0 Å². The van der Waals surface area contributed by atoms with Crippen LogP contribution in [0.25, 0.3) is 0 Å². The fraction of sp³-hybridized carbons (Fsp3) is 0.200. The van der Waals surface area contributed by atoms with E-state index in [-0.39, 0.29) is 0 Å². The molecule has 48 valence electrons. The molecule has 0 aromatic carbocycles. The number of hydrogen-bond donors (Lipinski definition) is 1. The summed E-state index contributed by atoms with van der Waals surface area (Å²) in [5.74, 6) is 0. The van der Waals surface area contributed by atoms with E-state index in [0.29, 0.717) is 0 Å². The zero-order valence-electron chi connectivity index (χ0n) is 5.03. The molecule has 0 saturated carbocycles. The highest BCUT2D eigenvalue weighted by atomic mass is 32.1. The van der Waals surface area contributed by atoms with Gasteiger partial charge < -0.3 is 5.32 Å². The highest BCUT2D eigenvalue weighted by Crippen LogP contribution is 2.07. The van der Waals surface area contributed by atoms with Gasteiger partial charge in [0.05, 0.1) is 6.34 Å². The lowest BCUT2D eigenvalue weighted by molar-refractivity contribution is 1.40. The molecule has 0 unspecified atom stereocenters. The summed E-state index contributed by atoms with van der Waals surface area (Å²) in [5.41, 5.74) is 0. The van der Waals surface area contributed by atoms with Crippen molar-refractivity contribution in [3.05, 3.63) is 11.6 Å². The van der Waals surface area contributed by atoms with Crippen molar-refractivity contribution >= 4 is 22.8 Å². The number of aliphatic imine (C=N–C) groups is 1. The van der Waals surface area contributed by atoms with E-state index in [2.05, 4.69) is 15.3 Å². The third-order valence-electron chi connectivity index (χ3n) is 0.749. The maximum Gasteiger partial charge on any atom is 0.187 e. The highest BCUT2D eigenvalue weighted by molar-refractivity contribution is 7.13. The van der Waals surface area contributed by atoms with Gasteiger partial charge in [-0.2, -0.15) is 0 Å². The standard InChI is InChI=1S/C5H7N3S/c1-6-4-8-5-7-2-3-9-5/h2-4H,1H3,(H,6,7,8). The minimum Gasteiger partial charge on any atom is -0.323 e. The molecule has 1 N–H and O–H groups in total. The number of rotatable bonds is 2. The summed E-state index contributed by atoms with van der Waals surface area (Å²) in [5, 5.41) is 5.67. The maximum absolute atomic E-state index is 3.97. The molecule has 0 radical (unpaired) electrons. The van der Waals surface area contributed by atoms with Gasteiger partial charge in [0, 0.05) is 18.6 Å². The molecule has 0 aliphatic rings. The molecule has 1 aromatic heterocycles. The Kier molecular flexibility index (Phi) is 2.21. The summed E-state index contributed by atoms with van der Waals surface area (Å²) in [4.78, 5) is 7.71. The first-order valence-electron chi connectivity index (χ1n) is 2.50. The molecular formula is C5H7N3S. The summed E-state index contributed by atoms with van der Waals surface area (Å²) in [6.45, 7) is 0. The Bertz CT molecular complexity index is 180. The van der Waals surface area contributed by atoms with Gasteiger partial charge in [-0.25, -0.2) is 4.98 Å². The Morgan fingerprint density at radius 1 is 1.89 bits per heavy atom. The molecule has 0 bridgehead atoms. The van der Waals surface area contributed by atoms with E-state index < -0.39 is 0 Å². The molecule has 0 fully saturated rings. The van der Waals surface area contributed by atoms with Crippen molar-refractivity contribution in [3.8, 4) is 0 Å². The van der Waals surface area contributed by atoms with Crippen LogP contribution in [0.4, 0.5) is 5.13 Å². The van der Waals surface area contributed by atoms with E-state index in [4.69, 9.17) is 0 Å². The summed E-state index contributed by atoms with van der Waals surface area (Å²) < 4.78 is 0. The van der Waals surface area contributed by atoms with Crippen molar-refractivity contribution in [2.24, 2.45) is 4.99 Å². The van der Waals surface area contributed by atoms with Crippen LogP contribution in [0.3, 0.4) is 0 Å². The topological polar surface area (TPSA) is 37.3 Å². The smallest absolute Gasteiger partial charge is 0.187 e. The first-order chi connectivity index (χ1) is 4.43. The second-order valence-corrected chi connectivity index (χ2v) is 2.26. The zero-order valence-corrected chi connectivity index (χ0v) is 5.85. The monoisotopic (exact) mass is 141 g/mol. The van der Waals surface area contributed by atoms with Crippen LogP contribution < -0.4 is 5.32 Å². The first kappa shape index (κ1) is 6.22. The van der Waals surface area contributed by atoms with Crippen LogP contribution in [0.1, 0.15) is 0 Å². The van der Waals surface area contributed by atoms with Gasteiger partial charge in [0.2, 0.25) is 0 Å². The number of hydrogen-bond acceptors (Lipinski definition) is 3. The van der Waals surface area contributed by atoms with Crippen molar-refractivity contribution in [3.63, 3.8) is 0 Å². The number of nitrogens with one attached hydrogen (secondary N) is 1. The number of nitrogens with zero attached hydrogens (tertiary/aromatic N) is 2. The molecule has 0 aliphatic heterocycles. The molecule has 0 atom stereocenters. The van der Waals surface area contributed by atoms with Crippen molar-refractivity contribution in [1.29, 1.82) is 0 Å². The summed E-state index contributed by atoms with van der Waals surface area (Å²) in [6.07, 6.45) is 3.36. The maximum atomic E-state index is 3.97. The molecule has 1 rings (SSSR count). The predicted molar refractivity (Wildman–Crippen MR) is 40.2 cm³/mol. The van der Waals surface area contributed by atoms with Crippen molar-refractivity contribution < 1.29 is 0 Å². The molecule has 0 amide bonds. The van der Waals surface area contributed by atoms with Gasteiger partial charge in [0.15, 0.2) is 5.13 Å². The SMILES string of the molecule is CN=CNc1nccs1. The second-order valence-electron chi connectivity index (χ2n) is 1.37. The quantitative estimate of drug-likeness (QED) is 0.496. The Morgan fingerprint density at radius 3 is 3.33 bits per heavy atom. The second kappa shape index (κ2) is 3.19. The third kappa shape index (κ3) is 1.81. The van der Waals surface area contributed by atoms with Crippen LogP contribution in [-0.2, 0) is 0 Å². The molecule has 4 heteroatoms. The first-order valence-corrected chi connectivity index (χ1v) is 3.38. The molecule has 0 saturated heterocycles. The fourth-order valence-corrected chi connectivity index (χ4v) is 0.908. The average molecular weight is 141 g/mol. The van der Waals surface area contributed by atoms with Gasteiger partial charge in [0.1, 0.15) is 0 Å². The van der Waals surface area contributed by atoms with E-state index in [0.717, 1.165) is 5.13 Å². The lowest BCUT2D eigenvalue weighted by atomic mass is 11.0. The van der Waals surface area contributed by atoms with Crippen LogP contribution in [0.15, 0.2) is 16.6 Å². The molecule has 3 nitrogen and oxygen atoms in total. The number of thiazole rings is 1. The van der Waals surface area contributed by atoms with E-state index in [9.17, 15) is 0 Å². The highest BCUT2D eigenvalue weighted by Gasteiger charge is 1.85. The van der Waals surface area contributed by atoms with Gasteiger partial charge in [-0.15, -0.1) is 11.3 Å². The predicted octanol–water partition coefficient (Wildman–Crippen LogP) is 1.21. The Morgan fingerprint density at radius 2 is 2.78 bits per heavy atom. The molecular weight excluding hydrogens is 134 g/mol. The lowest BCUT2D eigenvalue weighted by Gasteiger charge is -1.87. The largest absolute Gasteiger partial charge is 0.323 e. The van der Waals surface area contributed by atoms with E-state index in [1.807, 2.05) is 5.38 Å². The number of anilines is 1. The molecule has 0 aliphatic carbocycles. The van der Waals surface area contributed by atoms with Crippen LogP contribution in [0, 0.1) is 0 Å². The minimum absolute atomic E-state index is 0.876. The number of aromatic nitrogens is 1. The average Bonchev–Trinajstić information content (AvgIpc) is 2.34. The van der Waals surface area contributed by atoms with Gasteiger partial charge in [-0.05, 0) is 0 Å². The van der Waals surface area contributed by atoms with Gasteiger partial charge >= 0.3 is 0 Å². The van der Waals surface area contributed by atoms with Crippen LogP contribution >= 0.6 is 11.3 Å². The normalized spacial score (nSPS) is 10.3. The lowest BCUT2D eigenvalue weighted by Crippen LogP contribution is -1.91. The van der Waals surface area contributed by atoms with Gasteiger partial charge in [0.25, 0.3) is 0 Å². The summed E-state index contributed by atoms with van der Waals surface area (Å²) >= 11 is 1.55. The van der Waals surface area contributed by atoms with Crippen molar-refractivity contribution in [2.45, 2.75) is 0 Å². The fourth-order valence-electron chi connectivity index (χ4n) is 0.414. The Balaban J connectivity index is 2.48. The molecule has 9 heavy (non-hydrogen) atoms. The third-order valence-corrected chi connectivity index (χ3v) is 1.45. The van der Waals surface area contributed by atoms with E-state index >= 15 is 0 Å². The van der Waals surface area contributed by atoms with E-state index in [1.54, 1.807) is 30.9 Å². The zero-order chi connectivity index (χ0) is 6.53. The van der Waals surface area contributed by atoms with Gasteiger partial charge in [-0.1, -0.05) is 0 Å². The van der Waals surface area contributed by atoms with Gasteiger partial charge in [-0.3, -0.25) is 4.99 Å². The van der Waals surface area contributed by atoms with Crippen molar-refractivity contribution in [2.75, 3.05) is 12.4 Å². The molecule has 0 spiro atoms. The molecule has 1 aromatic rings. The summed E-state index contributed by atoms with van der Waals surface area (Å²) in [7, 11) is 1.71. The summed E-state index contributed by atoms with van der Waals surface area (Å²) in [6, 6.07) is 0. The molecule has 1 heterocycles.